The molecule has 2 aromatic carbocycles. The van der Waals surface area contributed by atoms with Crippen LogP contribution in [0.25, 0.3) is 0 Å². The lowest BCUT2D eigenvalue weighted by Crippen LogP contribution is -2.34. The number of halogens is 1. The van der Waals surface area contributed by atoms with E-state index in [9.17, 15) is 9.59 Å². The van der Waals surface area contributed by atoms with Crippen LogP contribution in [0.1, 0.15) is 47.4 Å². The number of carbonyl (C=O) groups is 2. The molecule has 1 unspecified atom stereocenters. The first-order chi connectivity index (χ1) is 15.8. The fourth-order valence-corrected chi connectivity index (χ4v) is 3.79. The summed E-state index contributed by atoms with van der Waals surface area (Å²) in [5, 5.41) is 8.67. The van der Waals surface area contributed by atoms with Crippen LogP contribution < -0.4 is 20.7 Å². The Morgan fingerprint density at radius 3 is 2.61 bits per heavy atom. The summed E-state index contributed by atoms with van der Waals surface area (Å²) in [4.78, 5) is 25.1. The molecule has 1 atom stereocenters. The monoisotopic (exact) mass is 533 g/mol. The van der Waals surface area contributed by atoms with Crippen molar-refractivity contribution in [1.29, 1.82) is 0 Å². The smallest absolute Gasteiger partial charge is 0.261 e. The van der Waals surface area contributed by atoms with Gasteiger partial charge in [0.1, 0.15) is 5.75 Å². The molecule has 1 saturated heterocycles. The number of benzene rings is 2. The zero-order chi connectivity index (χ0) is 23.8. The molecule has 176 valence electrons. The largest absolute Gasteiger partial charge is 0.492 e. The molecule has 9 heteroatoms. The van der Waals surface area contributed by atoms with Gasteiger partial charge in [-0.15, -0.1) is 0 Å². The molecule has 0 radical (unpaired) electrons. The predicted octanol–water partition coefficient (Wildman–Crippen LogP) is 4.52. The quantitative estimate of drug-likeness (QED) is 0.432. The number of hydrogen-bond acceptors (Lipinski definition) is 5. The van der Waals surface area contributed by atoms with Crippen molar-refractivity contribution in [3.63, 3.8) is 0 Å². The molecular formula is C24H28BrN3O4S. The normalized spacial score (nSPS) is 15.2. The number of hydrogen-bond donors (Lipinski definition) is 3. The molecule has 2 amide bonds. The summed E-state index contributed by atoms with van der Waals surface area (Å²) in [5.41, 5.74) is 1.57. The molecule has 0 bridgehead atoms. The molecule has 1 aliphatic rings. The lowest BCUT2D eigenvalue weighted by atomic mass is 10.1. The van der Waals surface area contributed by atoms with Gasteiger partial charge in [0.25, 0.3) is 11.8 Å². The molecule has 0 aromatic heterocycles. The highest BCUT2D eigenvalue weighted by Gasteiger charge is 2.17. The minimum atomic E-state index is -0.377. The van der Waals surface area contributed by atoms with E-state index in [1.54, 1.807) is 36.4 Å². The second-order valence-electron chi connectivity index (χ2n) is 8.18. The van der Waals surface area contributed by atoms with E-state index in [4.69, 9.17) is 21.7 Å². The number of amides is 2. The fourth-order valence-electron chi connectivity index (χ4n) is 3.21. The Labute approximate surface area is 207 Å². The Balaban J connectivity index is 1.54. The van der Waals surface area contributed by atoms with Crippen molar-refractivity contribution in [2.45, 2.75) is 32.8 Å². The molecule has 1 aliphatic heterocycles. The van der Waals surface area contributed by atoms with Crippen LogP contribution >= 0.6 is 28.1 Å². The Bertz CT molecular complexity index is 992. The van der Waals surface area contributed by atoms with Crippen molar-refractivity contribution >= 4 is 50.8 Å². The fraction of sp³-hybridized carbons (Fsp3) is 0.375. The van der Waals surface area contributed by atoms with Gasteiger partial charge >= 0.3 is 0 Å². The maximum Gasteiger partial charge on any atom is 0.261 e. The molecule has 7 nitrogen and oxygen atoms in total. The van der Waals surface area contributed by atoms with E-state index in [-0.39, 0.29) is 23.0 Å². The summed E-state index contributed by atoms with van der Waals surface area (Å²) in [6, 6.07) is 12.1. The van der Waals surface area contributed by atoms with Crippen LogP contribution in [0.2, 0.25) is 0 Å². The van der Waals surface area contributed by atoms with Crippen molar-refractivity contribution in [1.82, 2.24) is 10.6 Å². The van der Waals surface area contributed by atoms with Gasteiger partial charge in [0.2, 0.25) is 0 Å². The number of nitrogens with one attached hydrogen (secondary N) is 3. The van der Waals surface area contributed by atoms with Gasteiger partial charge in [0.15, 0.2) is 5.11 Å². The van der Waals surface area contributed by atoms with E-state index in [0.717, 1.165) is 23.9 Å². The van der Waals surface area contributed by atoms with Crippen molar-refractivity contribution in [2.24, 2.45) is 5.92 Å². The maximum atomic E-state index is 12.8. The average Bonchev–Trinajstić information content (AvgIpc) is 3.30. The first-order valence-corrected chi connectivity index (χ1v) is 12.1. The Morgan fingerprint density at radius 2 is 1.94 bits per heavy atom. The van der Waals surface area contributed by atoms with Gasteiger partial charge in [-0.25, -0.2) is 0 Å². The number of rotatable bonds is 8. The standard InChI is InChI=1S/C24H28BrN3O4S/c1-15(2)14-32-21-10-7-17(25)12-20(21)23(30)28-24(33)27-18-8-5-16(6-9-18)22(29)26-13-19-4-3-11-31-19/h5-10,12,15,19H,3-4,11,13-14H2,1-2H3,(H,26,29)(H2,27,28,30,33). The van der Waals surface area contributed by atoms with Gasteiger partial charge in [-0.05, 0) is 73.4 Å². The highest BCUT2D eigenvalue weighted by Crippen LogP contribution is 2.24. The third-order valence-electron chi connectivity index (χ3n) is 4.90. The Hall–Kier alpha value is -2.49. The molecule has 0 saturated carbocycles. The van der Waals surface area contributed by atoms with E-state index in [0.29, 0.717) is 41.6 Å². The summed E-state index contributed by atoms with van der Waals surface area (Å²) < 4.78 is 12.1. The molecule has 0 aliphatic carbocycles. The Kier molecular flexibility index (Phi) is 9.22. The summed E-state index contributed by atoms with van der Waals surface area (Å²) in [5.74, 6) is 0.285. The zero-order valence-corrected chi connectivity index (χ0v) is 21.1. The van der Waals surface area contributed by atoms with Gasteiger partial charge in [-0.2, -0.15) is 0 Å². The van der Waals surface area contributed by atoms with E-state index in [1.807, 2.05) is 19.9 Å². The molecular weight excluding hydrogens is 506 g/mol. The Morgan fingerprint density at radius 1 is 1.18 bits per heavy atom. The molecule has 1 heterocycles. The second kappa shape index (κ2) is 12.1. The zero-order valence-electron chi connectivity index (χ0n) is 18.7. The highest BCUT2D eigenvalue weighted by molar-refractivity contribution is 9.10. The van der Waals surface area contributed by atoms with Crippen LogP contribution in [0.15, 0.2) is 46.9 Å². The second-order valence-corrected chi connectivity index (χ2v) is 9.50. The van der Waals surface area contributed by atoms with Crippen LogP contribution in [0, 0.1) is 5.92 Å². The van der Waals surface area contributed by atoms with Gasteiger partial charge in [-0.1, -0.05) is 29.8 Å². The van der Waals surface area contributed by atoms with Crippen LogP contribution in [0.4, 0.5) is 5.69 Å². The van der Waals surface area contributed by atoms with Crippen molar-refractivity contribution in [2.75, 3.05) is 25.1 Å². The minimum absolute atomic E-state index is 0.0948. The SMILES string of the molecule is CC(C)COc1ccc(Br)cc1C(=O)NC(=S)Nc1ccc(C(=O)NCC2CCCO2)cc1. The third kappa shape index (κ3) is 7.80. The number of anilines is 1. The van der Waals surface area contributed by atoms with Crippen LogP contribution in [0.5, 0.6) is 5.75 Å². The molecule has 2 aromatic rings. The van der Waals surface area contributed by atoms with Gasteiger partial charge in [-0.3, -0.25) is 14.9 Å². The van der Waals surface area contributed by atoms with Crippen molar-refractivity contribution in [3.8, 4) is 5.75 Å². The van der Waals surface area contributed by atoms with Crippen molar-refractivity contribution < 1.29 is 19.1 Å². The summed E-state index contributed by atoms with van der Waals surface area (Å²) in [6.07, 6.45) is 2.10. The summed E-state index contributed by atoms with van der Waals surface area (Å²) in [6.45, 7) is 5.84. The van der Waals surface area contributed by atoms with Gasteiger partial charge in [0.05, 0.1) is 18.3 Å². The average molecular weight is 534 g/mol. The molecule has 0 spiro atoms. The van der Waals surface area contributed by atoms with E-state index in [2.05, 4.69) is 31.9 Å². The molecule has 3 N–H and O–H groups in total. The van der Waals surface area contributed by atoms with E-state index >= 15 is 0 Å². The molecule has 3 rings (SSSR count). The lowest BCUT2D eigenvalue weighted by molar-refractivity contribution is 0.0857. The van der Waals surface area contributed by atoms with E-state index in [1.165, 1.54) is 0 Å². The van der Waals surface area contributed by atoms with E-state index < -0.39 is 0 Å². The molecule has 1 fully saturated rings. The highest BCUT2D eigenvalue weighted by atomic mass is 79.9. The number of carbonyl (C=O) groups excluding carboxylic acids is 2. The first-order valence-electron chi connectivity index (χ1n) is 10.9. The topological polar surface area (TPSA) is 88.7 Å². The predicted molar refractivity (Wildman–Crippen MR) is 136 cm³/mol. The minimum Gasteiger partial charge on any atom is -0.492 e. The number of thiocarbonyl (C=S) groups is 1. The summed E-state index contributed by atoms with van der Waals surface area (Å²) >= 11 is 8.68. The van der Waals surface area contributed by atoms with Gasteiger partial charge in [0, 0.05) is 28.9 Å². The summed E-state index contributed by atoms with van der Waals surface area (Å²) in [7, 11) is 0. The van der Waals surface area contributed by atoms with Gasteiger partial charge < -0.3 is 20.1 Å². The maximum absolute atomic E-state index is 12.8. The lowest BCUT2D eigenvalue weighted by Gasteiger charge is -2.15. The van der Waals surface area contributed by atoms with Crippen LogP contribution in [-0.2, 0) is 4.74 Å². The van der Waals surface area contributed by atoms with Crippen LogP contribution in [0.3, 0.4) is 0 Å². The molecule has 33 heavy (non-hydrogen) atoms. The number of ether oxygens (including phenoxy) is 2. The van der Waals surface area contributed by atoms with Crippen LogP contribution in [-0.4, -0.2) is 42.8 Å². The third-order valence-corrected chi connectivity index (χ3v) is 5.60. The first kappa shape index (κ1) is 25.1. The van der Waals surface area contributed by atoms with Crippen molar-refractivity contribution in [3.05, 3.63) is 58.1 Å².